The number of carbonyl (C=O) groups is 2. The summed E-state index contributed by atoms with van der Waals surface area (Å²) in [5.41, 5.74) is -0.283. The fraction of sp³-hybridized carbons (Fsp3) is 0.435. The number of phenolic OH excluding ortho intramolecular Hbond substituents is 2. The summed E-state index contributed by atoms with van der Waals surface area (Å²) in [6.45, 7) is -2.40. The zero-order valence-electron chi connectivity index (χ0n) is 37.5. The van der Waals surface area contributed by atoms with Crippen LogP contribution in [0.1, 0.15) is 12.0 Å². The van der Waals surface area contributed by atoms with Crippen molar-refractivity contribution in [2.24, 2.45) is 0 Å². The zero-order valence-corrected chi connectivity index (χ0v) is 37.5. The second-order valence-corrected chi connectivity index (χ2v) is 16.6. The van der Waals surface area contributed by atoms with E-state index in [1.807, 2.05) is 0 Å². The van der Waals surface area contributed by atoms with Gasteiger partial charge in [0.25, 0.3) is 0 Å². The molecule has 3 saturated heterocycles. The van der Waals surface area contributed by atoms with Gasteiger partial charge in [-0.15, -0.1) is 0 Å². The largest absolute Gasteiger partial charge is 0.510 e. The van der Waals surface area contributed by atoms with E-state index in [0.717, 1.165) is 18.2 Å². The molecule has 13 N–H and O–H groups in total. The molecule has 15 atom stereocenters. The van der Waals surface area contributed by atoms with Gasteiger partial charge >= 0.3 is 17.9 Å². The number of carboxylic acid groups (broad SMARTS) is 1. The highest BCUT2D eigenvalue weighted by molar-refractivity contribution is 5.90. The Hall–Kier alpha value is -6.50. The van der Waals surface area contributed by atoms with Crippen molar-refractivity contribution in [1.29, 1.82) is 0 Å². The Bertz CT molecular complexity index is 2580. The number of phenols is 2. The van der Waals surface area contributed by atoms with Gasteiger partial charge in [0.1, 0.15) is 91.3 Å². The van der Waals surface area contributed by atoms with Crippen molar-refractivity contribution in [3.05, 3.63) is 82.5 Å². The lowest BCUT2D eigenvalue weighted by Crippen LogP contribution is -2.65. The molecule has 2 aromatic carbocycles. The molecule has 26 nitrogen and oxygen atoms in total. The van der Waals surface area contributed by atoms with Gasteiger partial charge in [-0.1, -0.05) is 6.07 Å². The van der Waals surface area contributed by atoms with Crippen LogP contribution in [0.4, 0.5) is 0 Å². The smallest absolute Gasteiger partial charge is 0.508 e. The molecule has 26 heteroatoms. The normalized spacial score (nSPS) is 30.7. The van der Waals surface area contributed by atoms with E-state index in [2.05, 4.69) is 0 Å². The third-order valence-electron chi connectivity index (χ3n) is 11.6. The van der Waals surface area contributed by atoms with Gasteiger partial charge in [-0.2, -0.15) is 0 Å². The maximum Gasteiger partial charge on any atom is 0.510 e. The summed E-state index contributed by atoms with van der Waals surface area (Å²) in [5, 5.41) is 126. The highest BCUT2D eigenvalue weighted by Crippen LogP contribution is 2.43. The number of benzene rings is 3. The fourth-order valence-corrected chi connectivity index (χ4v) is 7.71. The van der Waals surface area contributed by atoms with Crippen LogP contribution in [0.5, 0.6) is 28.7 Å². The van der Waals surface area contributed by atoms with E-state index in [4.69, 9.17) is 52.2 Å². The molecule has 0 unspecified atom stereocenters. The van der Waals surface area contributed by atoms with Gasteiger partial charge in [0.2, 0.25) is 19.2 Å². The van der Waals surface area contributed by atoms with Crippen molar-refractivity contribution in [3.63, 3.8) is 0 Å². The average molecular weight is 1020 g/mol. The van der Waals surface area contributed by atoms with Gasteiger partial charge in [0, 0.05) is 17.7 Å². The molecule has 0 aromatic heterocycles. The van der Waals surface area contributed by atoms with Crippen LogP contribution in [0.25, 0.3) is 28.7 Å². The Morgan fingerprint density at radius 2 is 1.29 bits per heavy atom. The van der Waals surface area contributed by atoms with Crippen molar-refractivity contribution in [2.45, 2.75) is 98.5 Å². The number of hydrogen-bond donors (Lipinski definition) is 12. The Balaban J connectivity index is 1.24. The van der Waals surface area contributed by atoms with E-state index in [1.54, 1.807) is 0 Å². The van der Waals surface area contributed by atoms with Crippen LogP contribution in [0.2, 0.25) is 0 Å². The topological polar surface area (TPSA) is 412 Å². The summed E-state index contributed by atoms with van der Waals surface area (Å²) in [6, 6.07) is 12.7. The molecule has 7 rings (SSSR count). The first-order chi connectivity index (χ1) is 34.3. The summed E-state index contributed by atoms with van der Waals surface area (Å²) >= 11 is 0. The number of methoxy groups -OCH3 is 1. The van der Waals surface area contributed by atoms with E-state index in [9.17, 15) is 75.3 Å². The SMILES string of the molecule is COc1cc(C=CC(=[OH+])OC[C@H]2O[C@@H](Oc3cc4c(O[C@@H]5O[C@H](COC(=O)CC(=O)O)[C@@H](O)[C@H](O)[C@H]5O)cc(=O)cc-4oc3-c3ccc(O)cc3)[C@H](O[C@@H]3O[C@H](CO)[C@@H](O)[C@H](O)[C@H]3O)[C@@H](O)[C@@H]2O)ccc1O. The molecule has 4 aliphatic heterocycles. The Morgan fingerprint density at radius 3 is 1.96 bits per heavy atom. The highest BCUT2D eigenvalue weighted by Gasteiger charge is 2.53. The number of hydrogen-bond acceptors (Lipinski definition) is 24. The van der Waals surface area contributed by atoms with Gasteiger partial charge in [-0.3, -0.25) is 14.4 Å². The lowest BCUT2D eigenvalue weighted by molar-refractivity contribution is -0.357. The van der Waals surface area contributed by atoms with Gasteiger partial charge in [-0.25, -0.2) is 0 Å². The molecule has 1 aliphatic carbocycles. The van der Waals surface area contributed by atoms with E-state index < -0.39 is 147 Å². The van der Waals surface area contributed by atoms with Crippen molar-refractivity contribution in [3.8, 4) is 51.4 Å². The highest BCUT2D eigenvalue weighted by atomic mass is 16.8. The first-order valence-corrected chi connectivity index (χ1v) is 21.8. The Labute approximate surface area is 405 Å². The number of esters is 2. The summed E-state index contributed by atoms with van der Waals surface area (Å²) in [4.78, 5) is 46.7. The summed E-state index contributed by atoms with van der Waals surface area (Å²) in [5.74, 6) is -4.91. The van der Waals surface area contributed by atoms with Crippen LogP contribution in [0, 0.1) is 0 Å². The number of aromatic hydroxyl groups is 2. The maximum atomic E-state index is 13.2. The van der Waals surface area contributed by atoms with Crippen molar-refractivity contribution in [1.82, 2.24) is 0 Å². The predicted octanol–water partition coefficient (Wildman–Crippen LogP) is -2.72. The third kappa shape index (κ3) is 12.0. The van der Waals surface area contributed by atoms with Crippen molar-refractivity contribution >= 4 is 24.0 Å². The predicted molar refractivity (Wildman–Crippen MR) is 236 cm³/mol. The fourth-order valence-electron chi connectivity index (χ4n) is 7.71. The quantitative estimate of drug-likeness (QED) is 0.0221. The molecule has 0 radical (unpaired) electrons. The summed E-state index contributed by atoms with van der Waals surface area (Å²) in [7, 11) is 1.34. The summed E-state index contributed by atoms with van der Waals surface area (Å²) < 4.78 is 57.0. The number of aliphatic hydroxyl groups is 9. The first-order valence-electron chi connectivity index (χ1n) is 21.8. The van der Waals surface area contributed by atoms with Gasteiger partial charge in [0.15, 0.2) is 46.9 Å². The number of carboxylic acids is 1. The van der Waals surface area contributed by atoms with Crippen LogP contribution < -0.4 is 19.6 Å². The molecule has 3 fully saturated rings. The molecular formula is C46H51O26+. The maximum absolute atomic E-state index is 13.2. The molecule has 390 valence electrons. The minimum absolute atomic E-state index is 0.132. The monoisotopic (exact) mass is 1020 g/mol. The number of ether oxygens (including phenoxy) is 9. The molecule has 0 spiro atoms. The number of carbonyl (C=O) groups excluding carboxylic acids is 2. The van der Waals surface area contributed by atoms with Gasteiger partial charge in [0.05, 0.1) is 25.4 Å². The van der Waals surface area contributed by atoms with Crippen molar-refractivity contribution < 1.29 is 123 Å². The molecule has 72 heavy (non-hydrogen) atoms. The number of rotatable bonds is 17. The van der Waals surface area contributed by atoms with E-state index in [1.165, 1.54) is 61.7 Å². The second-order valence-electron chi connectivity index (χ2n) is 16.6. The van der Waals surface area contributed by atoms with Gasteiger partial charge < -0.3 is 113 Å². The minimum atomic E-state index is -2.08. The standard InChI is InChI=1S/C46H50O26/c1-63-26-10-18(2-8-23(26)50)3-9-32(53)64-16-30-36(57)39(60)43(72-45-41(62)37(58)34(55)28(15-47)69-45)46(71-30)68-27-13-22-24(66-42(27)19-4-6-20(48)7-5-19)11-21(49)12-25(22)67-44-40(61)38(59)35(56)29(70-44)17-65-33(54)14-31(51)52/h2-13,28-30,34-41,43-48,50,55-62H,14-17H2,1H3,(H,51,52)/p+1/t28-,29-,30-,34-,35-,36-,37+,38+,39+,40-,41-,43-,44-,45+,46-/m1/s1. The molecular weight excluding hydrogens is 968 g/mol. The molecule has 0 bridgehead atoms. The lowest BCUT2D eigenvalue weighted by Gasteiger charge is -2.45. The number of aliphatic carboxylic acids is 1. The van der Waals surface area contributed by atoms with Crippen LogP contribution in [0.3, 0.4) is 0 Å². The molecule has 4 heterocycles. The summed E-state index contributed by atoms with van der Waals surface area (Å²) in [6.07, 6.45) is -26.9. The van der Waals surface area contributed by atoms with E-state index >= 15 is 0 Å². The minimum Gasteiger partial charge on any atom is -0.508 e. The zero-order chi connectivity index (χ0) is 52.1. The van der Waals surface area contributed by atoms with Crippen LogP contribution in [-0.2, 0) is 38.0 Å². The lowest BCUT2D eigenvalue weighted by atomic mass is 9.97. The van der Waals surface area contributed by atoms with Gasteiger partial charge in [-0.05, 0) is 54.1 Å². The molecule has 0 saturated carbocycles. The van der Waals surface area contributed by atoms with Crippen LogP contribution in [-0.4, -0.2) is 203 Å². The number of aliphatic hydroxyl groups excluding tert-OH is 9. The molecule has 2 aromatic rings. The first kappa shape index (κ1) is 53.3. The van der Waals surface area contributed by atoms with E-state index in [-0.39, 0.29) is 45.6 Å². The Morgan fingerprint density at radius 1 is 0.681 bits per heavy atom. The third-order valence-corrected chi connectivity index (χ3v) is 11.6. The van der Waals surface area contributed by atoms with E-state index in [0.29, 0.717) is 5.56 Å². The van der Waals surface area contributed by atoms with Crippen LogP contribution in [0.15, 0.2) is 76.0 Å². The molecule has 5 aliphatic rings. The Kier molecular flexibility index (Phi) is 17.0. The van der Waals surface area contributed by atoms with Crippen molar-refractivity contribution in [2.75, 3.05) is 26.9 Å². The average Bonchev–Trinajstić information content (AvgIpc) is 3.35. The van der Waals surface area contributed by atoms with Crippen LogP contribution >= 0.6 is 0 Å². The second kappa shape index (κ2) is 22.9. The number of fused-ring (bicyclic) bond motifs is 1. The molecule has 0 amide bonds.